The summed E-state index contributed by atoms with van der Waals surface area (Å²) < 4.78 is 0. The Morgan fingerprint density at radius 3 is 2.47 bits per heavy atom. The monoisotopic (exact) mass is 251 g/mol. The lowest BCUT2D eigenvalue weighted by Gasteiger charge is -2.15. The molecule has 1 nitrogen and oxygen atoms in total. The van der Waals surface area contributed by atoms with Gasteiger partial charge < -0.3 is 5.32 Å². The van der Waals surface area contributed by atoms with Crippen LogP contribution in [0.5, 0.6) is 0 Å². The summed E-state index contributed by atoms with van der Waals surface area (Å²) in [6.45, 7) is 5.71. The first-order valence-corrected chi connectivity index (χ1v) is 7.81. The molecule has 0 spiro atoms. The van der Waals surface area contributed by atoms with Gasteiger partial charge in [0.1, 0.15) is 0 Å². The van der Waals surface area contributed by atoms with E-state index in [1.54, 1.807) is 0 Å². The maximum absolute atomic E-state index is 3.60. The number of rotatable bonds is 8. The summed E-state index contributed by atoms with van der Waals surface area (Å²) >= 11 is 1.95. The summed E-state index contributed by atoms with van der Waals surface area (Å²) in [4.78, 5) is 0. The lowest BCUT2D eigenvalue weighted by molar-refractivity contribution is 0.506. The third kappa shape index (κ3) is 6.75. The van der Waals surface area contributed by atoms with Crippen molar-refractivity contribution in [2.24, 2.45) is 0 Å². The van der Waals surface area contributed by atoms with Gasteiger partial charge in [0.15, 0.2) is 0 Å². The summed E-state index contributed by atoms with van der Waals surface area (Å²) in [6, 6.07) is 11.4. The van der Waals surface area contributed by atoms with E-state index in [9.17, 15) is 0 Å². The number of benzene rings is 1. The largest absolute Gasteiger partial charge is 0.314 e. The van der Waals surface area contributed by atoms with Gasteiger partial charge in [-0.15, -0.1) is 0 Å². The molecule has 1 rings (SSSR count). The zero-order chi connectivity index (χ0) is 12.5. The molecule has 2 unspecified atom stereocenters. The Kier molecular flexibility index (Phi) is 7.38. The minimum absolute atomic E-state index is 0.615. The van der Waals surface area contributed by atoms with Crippen LogP contribution >= 0.6 is 11.8 Å². The first kappa shape index (κ1) is 14.6. The Bertz CT molecular complexity index is 286. The maximum atomic E-state index is 3.60. The van der Waals surface area contributed by atoms with E-state index in [0.717, 1.165) is 11.8 Å². The number of hydrogen-bond donors (Lipinski definition) is 1. The van der Waals surface area contributed by atoms with Crippen molar-refractivity contribution in [1.82, 2.24) is 5.32 Å². The van der Waals surface area contributed by atoms with Crippen molar-refractivity contribution in [2.75, 3.05) is 12.8 Å². The second kappa shape index (κ2) is 8.60. The van der Waals surface area contributed by atoms with Crippen LogP contribution in [-0.4, -0.2) is 24.1 Å². The van der Waals surface area contributed by atoms with Crippen LogP contribution in [0.3, 0.4) is 0 Å². The van der Waals surface area contributed by atoms with Gasteiger partial charge in [-0.25, -0.2) is 0 Å². The van der Waals surface area contributed by atoms with Gasteiger partial charge in [0.05, 0.1) is 0 Å². The van der Waals surface area contributed by atoms with E-state index >= 15 is 0 Å². The van der Waals surface area contributed by atoms with E-state index in [0.29, 0.717) is 6.04 Å². The van der Waals surface area contributed by atoms with Gasteiger partial charge in [0, 0.05) is 11.3 Å². The molecule has 17 heavy (non-hydrogen) atoms. The molecule has 0 aromatic heterocycles. The lowest BCUT2D eigenvalue weighted by atomic mass is 10.1. The average molecular weight is 251 g/mol. The molecule has 0 saturated heterocycles. The van der Waals surface area contributed by atoms with Crippen LogP contribution in [0.15, 0.2) is 30.3 Å². The van der Waals surface area contributed by atoms with E-state index in [2.05, 4.69) is 55.8 Å². The van der Waals surface area contributed by atoms with Crippen LogP contribution in [0.1, 0.15) is 32.3 Å². The first-order valence-electron chi connectivity index (χ1n) is 6.52. The fourth-order valence-electron chi connectivity index (χ4n) is 1.78. The molecule has 1 aromatic rings. The second-order valence-electron chi connectivity index (χ2n) is 4.71. The van der Waals surface area contributed by atoms with Crippen molar-refractivity contribution in [3.05, 3.63) is 35.9 Å². The predicted octanol–water partition coefficient (Wildman–Crippen LogP) is 3.74. The summed E-state index contributed by atoms with van der Waals surface area (Å²) in [5.74, 6) is 0. The molecular formula is C15H25NS. The molecule has 0 aliphatic heterocycles. The van der Waals surface area contributed by atoms with Crippen LogP contribution in [0.2, 0.25) is 0 Å². The second-order valence-corrected chi connectivity index (χ2v) is 5.99. The average Bonchev–Trinajstić information content (AvgIpc) is 2.37. The number of nitrogens with one attached hydrogen (secondary N) is 1. The zero-order valence-corrected chi connectivity index (χ0v) is 12.1. The highest BCUT2D eigenvalue weighted by Crippen LogP contribution is 2.09. The van der Waals surface area contributed by atoms with Crippen LogP contribution in [0.4, 0.5) is 0 Å². The standard InChI is InChI=1S/C15H25NS/c1-13(16-12-11-14(2)17-3)9-10-15-7-5-4-6-8-15/h4-8,13-14,16H,9-12H2,1-3H3. The van der Waals surface area contributed by atoms with Gasteiger partial charge in [0.25, 0.3) is 0 Å². The van der Waals surface area contributed by atoms with Crippen LogP contribution < -0.4 is 5.32 Å². The molecule has 0 aliphatic carbocycles. The zero-order valence-electron chi connectivity index (χ0n) is 11.3. The van der Waals surface area contributed by atoms with Crippen molar-refractivity contribution >= 4 is 11.8 Å². The van der Waals surface area contributed by atoms with Crippen molar-refractivity contribution < 1.29 is 0 Å². The van der Waals surface area contributed by atoms with Crippen LogP contribution in [0.25, 0.3) is 0 Å². The first-order chi connectivity index (χ1) is 8.22. The highest BCUT2D eigenvalue weighted by atomic mass is 32.2. The molecule has 0 radical (unpaired) electrons. The summed E-state index contributed by atoms with van der Waals surface area (Å²) in [5.41, 5.74) is 1.44. The van der Waals surface area contributed by atoms with E-state index in [4.69, 9.17) is 0 Å². The Hall–Kier alpha value is -0.470. The Morgan fingerprint density at radius 2 is 1.82 bits per heavy atom. The van der Waals surface area contributed by atoms with Gasteiger partial charge in [-0.2, -0.15) is 11.8 Å². The minimum atomic E-state index is 0.615. The van der Waals surface area contributed by atoms with Crippen molar-refractivity contribution in [1.29, 1.82) is 0 Å². The molecule has 2 heteroatoms. The molecule has 1 N–H and O–H groups in total. The summed E-state index contributed by atoms with van der Waals surface area (Å²) in [7, 11) is 0. The fraction of sp³-hybridized carbons (Fsp3) is 0.600. The normalized spacial score (nSPS) is 14.5. The van der Waals surface area contributed by atoms with E-state index < -0.39 is 0 Å². The topological polar surface area (TPSA) is 12.0 Å². The number of aryl methyl sites for hydroxylation is 1. The third-order valence-corrected chi connectivity index (χ3v) is 4.20. The Balaban J connectivity index is 2.11. The molecular weight excluding hydrogens is 226 g/mol. The van der Waals surface area contributed by atoms with Crippen LogP contribution in [0, 0.1) is 0 Å². The fourth-order valence-corrected chi connectivity index (χ4v) is 2.13. The molecule has 0 bridgehead atoms. The molecule has 0 saturated carbocycles. The quantitative estimate of drug-likeness (QED) is 0.755. The molecule has 96 valence electrons. The van der Waals surface area contributed by atoms with E-state index in [1.807, 2.05) is 11.8 Å². The maximum Gasteiger partial charge on any atom is 0.00418 e. The summed E-state index contributed by atoms with van der Waals surface area (Å²) in [6.07, 6.45) is 5.84. The Labute approximate surface area is 110 Å². The highest BCUT2D eigenvalue weighted by Gasteiger charge is 2.03. The number of hydrogen-bond acceptors (Lipinski definition) is 2. The molecule has 0 amide bonds. The van der Waals surface area contributed by atoms with E-state index in [-0.39, 0.29) is 0 Å². The summed E-state index contributed by atoms with van der Waals surface area (Å²) in [5, 5.41) is 4.37. The molecule has 1 aromatic carbocycles. The van der Waals surface area contributed by atoms with E-state index in [1.165, 1.54) is 24.8 Å². The SMILES string of the molecule is CSC(C)CCNC(C)CCc1ccccc1. The van der Waals surface area contributed by atoms with Gasteiger partial charge in [-0.1, -0.05) is 37.3 Å². The molecule has 2 atom stereocenters. The van der Waals surface area contributed by atoms with Crippen molar-refractivity contribution in [3.63, 3.8) is 0 Å². The number of thioether (sulfide) groups is 1. The highest BCUT2D eigenvalue weighted by molar-refractivity contribution is 7.99. The van der Waals surface area contributed by atoms with Gasteiger partial charge in [-0.05, 0) is 44.6 Å². The van der Waals surface area contributed by atoms with Gasteiger partial charge >= 0.3 is 0 Å². The molecule has 0 aliphatic rings. The molecule has 0 fully saturated rings. The van der Waals surface area contributed by atoms with Crippen molar-refractivity contribution in [3.8, 4) is 0 Å². The minimum Gasteiger partial charge on any atom is -0.314 e. The van der Waals surface area contributed by atoms with Crippen LogP contribution in [-0.2, 0) is 6.42 Å². The Morgan fingerprint density at radius 1 is 1.12 bits per heavy atom. The van der Waals surface area contributed by atoms with Crippen molar-refractivity contribution in [2.45, 2.75) is 44.4 Å². The predicted molar refractivity (Wildman–Crippen MR) is 79.8 cm³/mol. The molecule has 0 heterocycles. The lowest BCUT2D eigenvalue weighted by Crippen LogP contribution is -2.28. The van der Waals surface area contributed by atoms with Gasteiger partial charge in [0.2, 0.25) is 0 Å². The van der Waals surface area contributed by atoms with Gasteiger partial charge in [-0.3, -0.25) is 0 Å². The smallest absolute Gasteiger partial charge is 0.00418 e. The third-order valence-electron chi connectivity index (χ3n) is 3.15.